The Kier molecular flexibility index (Phi) is 2.87. The molecule has 3 heterocycles. The van der Waals surface area contributed by atoms with Gasteiger partial charge in [0, 0.05) is 31.4 Å². The lowest BCUT2D eigenvalue weighted by molar-refractivity contribution is 0.0615. The molecule has 6 nitrogen and oxygen atoms in total. The van der Waals surface area contributed by atoms with E-state index >= 15 is 0 Å². The highest BCUT2D eigenvalue weighted by Crippen LogP contribution is 2.29. The van der Waals surface area contributed by atoms with Gasteiger partial charge in [0.05, 0.1) is 5.69 Å². The van der Waals surface area contributed by atoms with Crippen LogP contribution in [0.5, 0.6) is 0 Å². The van der Waals surface area contributed by atoms with E-state index in [1.165, 1.54) is 0 Å². The molecule has 1 N–H and O–H groups in total. The van der Waals surface area contributed by atoms with Crippen LogP contribution < -0.4 is 5.32 Å². The van der Waals surface area contributed by atoms with Crippen LogP contribution in [0.2, 0.25) is 0 Å². The van der Waals surface area contributed by atoms with Crippen LogP contribution in [0.1, 0.15) is 25.4 Å². The van der Waals surface area contributed by atoms with E-state index in [2.05, 4.69) is 15.4 Å². The molecule has 1 aliphatic carbocycles. The van der Waals surface area contributed by atoms with Gasteiger partial charge < -0.3 is 10.2 Å². The van der Waals surface area contributed by atoms with Crippen molar-refractivity contribution in [2.45, 2.75) is 31.5 Å². The lowest BCUT2D eigenvalue weighted by Crippen LogP contribution is -2.52. The average Bonchev–Trinajstić information content (AvgIpc) is 3.14. The SMILES string of the molecule is O=C(NC1CC1)N1CCC1n1ccc(-c2ccccn2)n1. The summed E-state index contributed by atoms with van der Waals surface area (Å²) in [6.07, 6.45) is 6.87. The van der Waals surface area contributed by atoms with Crippen LogP contribution >= 0.6 is 0 Å². The van der Waals surface area contributed by atoms with E-state index in [0.29, 0.717) is 6.04 Å². The Bertz CT molecular complexity index is 649. The van der Waals surface area contributed by atoms with Gasteiger partial charge in [0.2, 0.25) is 0 Å². The minimum absolute atomic E-state index is 0.0289. The second-order valence-corrected chi connectivity index (χ2v) is 5.58. The van der Waals surface area contributed by atoms with Crippen molar-refractivity contribution < 1.29 is 4.79 Å². The van der Waals surface area contributed by atoms with Gasteiger partial charge in [-0.25, -0.2) is 9.48 Å². The van der Waals surface area contributed by atoms with Gasteiger partial charge in [0.25, 0.3) is 0 Å². The number of hydrogen-bond donors (Lipinski definition) is 1. The predicted molar refractivity (Wildman–Crippen MR) is 77.4 cm³/mol. The van der Waals surface area contributed by atoms with Crippen molar-refractivity contribution >= 4 is 6.03 Å². The fourth-order valence-corrected chi connectivity index (χ4v) is 2.53. The number of aromatic nitrogens is 3. The Morgan fingerprint density at radius 2 is 2.10 bits per heavy atom. The van der Waals surface area contributed by atoms with E-state index in [-0.39, 0.29) is 12.2 Å². The average molecular weight is 283 g/mol. The van der Waals surface area contributed by atoms with Crippen LogP contribution in [0.4, 0.5) is 4.79 Å². The Morgan fingerprint density at radius 3 is 2.76 bits per heavy atom. The monoisotopic (exact) mass is 283 g/mol. The third kappa shape index (κ3) is 2.37. The molecule has 108 valence electrons. The van der Waals surface area contributed by atoms with Crippen molar-refractivity contribution in [1.29, 1.82) is 0 Å². The molecular weight excluding hydrogens is 266 g/mol. The highest BCUT2D eigenvalue weighted by Gasteiger charge is 2.36. The van der Waals surface area contributed by atoms with Crippen LogP contribution in [-0.4, -0.2) is 38.3 Å². The van der Waals surface area contributed by atoms with E-state index in [9.17, 15) is 4.79 Å². The number of urea groups is 1. The summed E-state index contributed by atoms with van der Waals surface area (Å²) in [5, 5.41) is 7.59. The number of nitrogens with one attached hydrogen (secondary N) is 1. The quantitative estimate of drug-likeness (QED) is 0.937. The molecule has 2 fully saturated rings. The zero-order valence-electron chi connectivity index (χ0n) is 11.6. The largest absolute Gasteiger partial charge is 0.335 e. The van der Waals surface area contributed by atoms with Crippen LogP contribution in [0.15, 0.2) is 36.7 Å². The highest BCUT2D eigenvalue weighted by molar-refractivity contribution is 5.75. The van der Waals surface area contributed by atoms with Gasteiger partial charge in [-0.15, -0.1) is 0 Å². The molecule has 2 aromatic heterocycles. The minimum Gasteiger partial charge on any atom is -0.335 e. The summed E-state index contributed by atoms with van der Waals surface area (Å²) >= 11 is 0. The number of carbonyl (C=O) groups is 1. The van der Waals surface area contributed by atoms with Gasteiger partial charge in [0.1, 0.15) is 11.9 Å². The highest BCUT2D eigenvalue weighted by atomic mass is 16.2. The maximum absolute atomic E-state index is 12.1. The molecule has 2 aromatic rings. The van der Waals surface area contributed by atoms with Gasteiger partial charge in [-0.05, 0) is 31.0 Å². The minimum atomic E-state index is 0.0289. The third-order valence-electron chi connectivity index (χ3n) is 3.99. The van der Waals surface area contributed by atoms with E-state index in [1.807, 2.05) is 40.0 Å². The normalized spacial score (nSPS) is 21.0. The molecule has 0 spiro atoms. The van der Waals surface area contributed by atoms with Crippen molar-refractivity contribution in [2.24, 2.45) is 0 Å². The lowest BCUT2D eigenvalue weighted by atomic mass is 10.1. The molecule has 1 unspecified atom stereocenters. The Morgan fingerprint density at radius 1 is 1.19 bits per heavy atom. The van der Waals surface area contributed by atoms with Crippen molar-refractivity contribution in [3.8, 4) is 11.4 Å². The second-order valence-electron chi connectivity index (χ2n) is 5.58. The Balaban J connectivity index is 1.49. The number of likely N-dealkylation sites (tertiary alicyclic amines) is 1. The van der Waals surface area contributed by atoms with Gasteiger partial charge in [0.15, 0.2) is 0 Å². The molecule has 1 saturated carbocycles. The molecule has 6 heteroatoms. The zero-order chi connectivity index (χ0) is 14.2. The molecular formula is C15H17N5O. The van der Waals surface area contributed by atoms with Crippen molar-refractivity contribution in [1.82, 2.24) is 25.0 Å². The number of carbonyl (C=O) groups excluding carboxylic acids is 1. The number of pyridine rings is 1. The Hall–Kier alpha value is -2.37. The van der Waals surface area contributed by atoms with E-state index < -0.39 is 0 Å². The lowest BCUT2D eigenvalue weighted by Gasteiger charge is -2.40. The first-order chi connectivity index (χ1) is 10.3. The summed E-state index contributed by atoms with van der Waals surface area (Å²) in [4.78, 5) is 18.2. The summed E-state index contributed by atoms with van der Waals surface area (Å²) in [5.74, 6) is 0. The van der Waals surface area contributed by atoms with Crippen LogP contribution in [-0.2, 0) is 0 Å². The number of rotatable bonds is 3. The van der Waals surface area contributed by atoms with Crippen LogP contribution in [0.3, 0.4) is 0 Å². The van der Waals surface area contributed by atoms with Crippen molar-refractivity contribution in [3.63, 3.8) is 0 Å². The molecule has 1 atom stereocenters. The molecule has 0 bridgehead atoms. The zero-order valence-corrected chi connectivity index (χ0v) is 11.6. The molecule has 4 rings (SSSR count). The topological polar surface area (TPSA) is 63.1 Å². The molecule has 2 aliphatic rings. The summed E-state index contributed by atoms with van der Waals surface area (Å²) < 4.78 is 1.86. The first kappa shape index (κ1) is 12.4. The first-order valence-corrected chi connectivity index (χ1v) is 7.35. The number of nitrogens with zero attached hydrogens (tertiary/aromatic N) is 4. The smallest absolute Gasteiger partial charge is 0.319 e. The summed E-state index contributed by atoms with van der Waals surface area (Å²) in [6.45, 7) is 0.794. The van der Waals surface area contributed by atoms with E-state index in [4.69, 9.17) is 0 Å². The first-order valence-electron chi connectivity index (χ1n) is 7.35. The summed E-state index contributed by atoms with van der Waals surface area (Å²) in [7, 11) is 0. The summed E-state index contributed by atoms with van der Waals surface area (Å²) in [5.41, 5.74) is 1.69. The summed E-state index contributed by atoms with van der Waals surface area (Å²) in [6, 6.07) is 8.13. The fraction of sp³-hybridized carbons (Fsp3) is 0.400. The second kappa shape index (κ2) is 4.87. The van der Waals surface area contributed by atoms with E-state index in [1.54, 1.807) is 6.20 Å². The van der Waals surface area contributed by atoms with Crippen LogP contribution in [0, 0.1) is 0 Å². The Labute approximate surface area is 122 Å². The van der Waals surface area contributed by atoms with Crippen molar-refractivity contribution in [3.05, 3.63) is 36.7 Å². The number of amides is 2. The maximum Gasteiger partial charge on any atom is 0.319 e. The maximum atomic E-state index is 12.1. The van der Waals surface area contributed by atoms with Gasteiger partial charge in [-0.2, -0.15) is 5.10 Å². The predicted octanol–water partition coefficient (Wildman–Crippen LogP) is 2.02. The molecule has 21 heavy (non-hydrogen) atoms. The molecule has 1 saturated heterocycles. The number of hydrogen-bond acceptors (Lipinski definition) is 3. The van der Waals surface area contributed by atoms with Gasteiger partial charge in [-0.1, -0.05) is 6.07 Å². The van der Waals surface area contributed by atoms with Gasteiger partial charge >= 0.3 is 6.03 Å². The van der Waals surface area contributed by atoms with Crippen molar-refractivity contribution in [2.75, 3.05) is 6.54 Å². The molecule has 0 radical (unpaired) electrons. The van der Waals surface area contributed by atoms with E-state index in [0.717, 1.165) is 37.2 Å². The fourth-order valence-electron chi connectivity index (χ4n) is 2.53. The molecule has 1 aliphatic heterocycles. The molecule has 2 amide bonds. The van der Waals surface area contributed by atoms with Crippen LogP contribution in [0.25, 0.3) is 11.4 Å². The third-order valence-corrected chi connectivity index (χ3v) is 3.99. The standard InChI is InChI=1S/C15H17N5O/c21-15(17-11-4-5-11)19-9-7-14(19)20-10-6-13(18-20)12-3-1-2-8-16-12/h1-3,6,8,10-11,14H,4-5,7,9H2,(H,17,21). The molecule has 0 aromatic carbocycles. The van der Waals surface area contributed by atoms with Gasteiger partial charge in [-0.3, -0.25) is 4.98 Å².